The number of hydrogen-bond acceptors (Lipinski definition) is 3. The van der Waals surface area contributed by atoms with Crippen LogP contribution in [-0.2, 0) is 22.5 Å². The molecule has 1 aromatic rings. The highest BCUT2D eigenvalue weighted by Crippen LogP contribution is 2.00. The number of hydrogen-bond donors (Lipinski definition) is 0. The summed E-state index contributed by atoms with van der Waals surface area (Å²) in [7, 11) is 1.40. The van der Waals surface area contributed by atoms with E-state index in [1.165, 1.54) is 7.11 Å². The Kier molecular flexibility index (Phi) is 3.49. The molecule has 0 saturated carbocycles. The predicted octanol–water partition coefficient (Wildman–Crippen LogP) is 1.01. The number of aromatic nitrogens is 2. The van der Waals surface area contributed by atoms with E-state index in [-0.39, 0.29) is 5.97 Å². The SMILES string of the molecule is CCc1nccn1CCC(=O)OC. The summed E-state index contributed by atoms with van der Waals surface area (Å²) in [5.74, 6) is 0.819. The molecule has 0 atom stereocenters. The Labute approximate surface area is 77.5 Å². The van der Waals surface area contributed by atoms with E-state index < -0.39 is 0 Å². The fraction of sp³-hybridized carbons (Fsp3) is 0.556. The number of imidazole rings is 1. The molecule has 0 aliphatic carbocycles. The maximum Gasteiger partial charge on any atom is 0.307 e. The molecule has 1 aromatic heterocycles. The quantitative estimate of drug-likeness (QED) is 0.653. The average Bonchev–Trinajstić information content (AvgIpc) is 2.61. The molecule has 0 bridgehead atoms. The molecule has 0 aliphatic rings. The summed E-state index contributed by atoms with van der Waals surface area (Å²) in [4.78, 5) is 15.0. The monoisotopic (exact) mass is 182 g/mol. The topological polar surface area (TPSA) is 44.1 Å². The summed E-state index contributed by atoms with van der Waals surface area (Å²) < 4.78 is 6.52. The van der Waals surface area contributed by atoms with Crippen LogP contribution < -0.4 is 0 Å². The lowest BCUT2D eigenvalue weighted by molar-refractivity contribution is -0.140. The third kappa shape index (κ3) is 2.57. The summed E-state index contributed by atoms with van der Waals surface area (Å²) in [5, 5.41) is 0. The van der Waals surface area contributed by atoms with E-state index in [9.17, 15) is 4.79 Å². The standard InChI is InChI=1S/C9H14N2O2/c1-3-8-10-5-7-11(8)6-4-9(12)13-2/h5,7H,3-4,6H2,1-2H3. The van der Waals surface area contributed by atoms with Crippen LogP contribution >= 0.6 is 0 Å². The van der Waals surface area contributed by atoms with Crippen LogP contribution in [0.5, 0.6) is 0 Å². The van der Waals surface area contributed by atoms with E-state index in [1.807, 2.05) is 17.7 Å². The summed E-state index contributed by atoms with van der Waals surface area (Å²) >= 11 is 0. The molecule has 0 radical (unpaired) electrons. The third-order valence-corrected chi connectivity index (χ3v) is 1.90. The Morgan fingerprint density at radius 3 is 3.08 bits per heavy atom. The third-order valence-electron chi connectivity index (χ3n) is 1.90. The normalized spacial score (nSPS) is 10.0. The van der Waals surface area contributed by atoms with Gasteiger partial charge in [-0.2, -0.15) is 0 Å². The second kappa shape index (κ2) is 4.64. The smallest absolute Gasteiger partial charge is 0.307 e. The van der Waals surface area contributed by atoms with Gasteiger partial charge in [0.15, 0.2) is 0 Å². The minimum Gasteiger partial charge on any atom is -0.469 e. The van der Waals surface area contributed by atoms with Gasteiger partial charge in [-0.1, -0.05) is 6.92 Å². The van der Waals surface area contributed by atoms with Crippen LogP contribution in [0.3, 0.4) is 0 Å². The summed E-state index contributed by atoms with van der Waals surface area (Å²) in [6, 6.07) is 0. The Bertz CT molecular complexity index is 281. The fourth-order valence-electron chi connectivity index (χ4n) is 1.17. The molecule has 0 fully saturated rings. The van der Waals surface area contributed by atoms with Gasteiger partial charge in [0.1, 0.15) is 5.82 Å². The zero-order valence-corrected chi connectivity index (χ0v) is 7.99. The number of methoxy groups -OCH3 is 1. The van der Waals surface area contributed by atoms with Crippen LogP contribution in [0.2, 0.25) is 0 Å². The van der Waals surface area contributed by atoms with E-state index >= 15 is 0 Å². The van der Waals surface area contributed by atoms with Crippen LogP contribution in [0.1, 0.15) is 19.2 Å². The molecule has 0 N–H and O–H groups in total. The van der Waals surface area contributed by atoms with Gasteiger partial charge in [0.05, 0.1) is 13.5 Å². The van der Waals surface area contributed by atoms with Crippen molar-refractivity contribution in [2.45, 2.75) is 26.3 Å². The second-order valence-corrected chi connectivity index (χ2v) is 2.72. The highest BCUT2D eigenvalue weighted by molar-refractivity contribution is 5.68. The first kappa shape index (κ1) is 9.77. The van der Waals surface area contributed by atoms with Crippen molar-refractivity contribution >= 4 is 5.97 Å². The van der Waals surface area contributed by atoms with Crippen molar-refractivity contribution in [1.29, 1.82) is 0 Å². The lowest BCUT2D eigenvalue weighted by atomic mass is 10.4. The zero-order valence-electron chi connectivity index (χ0n) is 7.99. The molecule has 0 amide bonds. The van der Waals surface area contributed by atoms with Crippen molar-refractivity contribution in [3.05, 3.63) is 18.2 Å². The van der Waals surface area contributed by atoms with Crippen molar-refractivity contribution in [1.82, 2.24) is 9.55 Å². The van der Waals surface area contributed by atoms with Gasteiger partial charge in [-0.05, 0) is 0 Å². The summed E-state index contributed by atoms with van der Waals surface area (Å²) in [5.41, 5.74) is 0. The predicted molar refractivity (Wildman–Crippen MR) is 48.2 cm³/mol. The Balaban J connectivity index is 2.49. The van der Waals surface area contributed by atoms with Gasteiger partial charge in [0.2, 0.25) is 0 Å². The fourth-order valence-corrected chi connectivity index (χ4v) is 1.17. The number of carbonyl (C=O) groups is 1. The van der Waals surface area contributed by atoms with Crippen molar-refractivity contribution in [2.75, 3.05) is 7.11 Å². The first-order valence-corrected chi connectivity index (χ1v) is 4.34. The lowest BCUT2D eigenvalue weighted by Crippen LogP contribution is -2.08. The highest BCUT2D eigenvalue weighted by Gasteiger charge is 2.03. The van der Waals surface area contributed by atoms with Gasteiger partial charge in [-0.25, -0.2) is 4.98 Å². The van der Waals surface area contributed by atoms with Crippen molar-refractivity contribution in [3.8, 4) is 0 Å². The Morgan fingerprint density at radius 2 is 2.46 bits per heavy atom. The first-order chi connectivity index (χ1) is 6.27. The molecule has 72 valence electrons. The molecule has 1 heterocycles. The number of aryl methyl sites for hydroxylation is 2. The van der Waals surface area contributed by atoms with Gasteiger partial charge >= 0.3 is 5.97 Å². The molecule has 13 heavy (non-hydrogen) atoms. The van der Waals surface area contributed by atoms with E-state index in [1.54, 1.807) is 6.20 Å². The average molecular weight is 182 g/mol. The van der Waals surface area contributed by atoms with E-state index in [0.29, 0.717) is 13.0 Å². The molecule has 4 heteroatoms. The minimum absolute atomic E-state index is 0.184. The highest BCUT2D eigenvalue weighted by atomic mass is 16.5. The molecular weight excluding hydrogens is 168 g/mol. The molecule has 0 aliphatic heterocycles. The van der Waals surface area contributed by atoms with Crippen molar-refractivity contribution < 1.29 is 9.53 Å². The molecule has 1 rings (SSSR count). The largest absolute Gasteiger partial charge is 0.469 e. The Morgan fingerprint density at radius 1 is 1.69 bits per heavy atom. The van der Waals surface area contributed by atoms with Crippen LogP contribution in [0.4, 0.5) is 0 Å². The van der Waals surface area contributed by atoms with Crippen LogP contribution in [0.25, 0.3) is 0 Å². The van der Waals surface area contributed by atoms with E-state index in [2.05, 4.69) is 9.72 Å². The van der Waals surface area contributed by atoms with Gasteiger partial charge in [-0.15, -0.1) is 0 Å². The molecule has 0 spiro atoms. The second-order valence-electron chi connectivity index (χ2n) is 2.72. The maximum atomic E-state index is 10.9. The summed E-state index contributed by atoms with van der Waals surface area (Å²) in [6.45, 7) is 2.69. The number of esters is 1. The number of nitrogens with zero attached hydrogens (tertiary/aromatic N) is 2. The first-order valence-electron chi connectivity index (χ1n) is 4.34. The van der Waals surface area contributed by atoms with Crippen LogP contribution in [0.15, 0.2) is 12.4 Å². The van der Waals surface area contributed by atoms with Crippen LogP contribution in [0, 0.1) is 0 Å². The van der Waals surface area contributed by atoms with Crippen LogP contribution in [-0.4, -0.2) is 22.6 Å². The van der Waals surface area contributed by atoms with Gasteiger partial charge < -0.3 is 9.30 Å². The lowest BCUT2D eigenvalue weighted by Gasteiger charge is -2.04. The van der Waals surface area contributed by atoms with Gasteiger partial charge in [0, 0.05) is 25.4 Å². The van der Waals surface area contributed by atoms with Crippen molar-refractivity contribution in [3.63, 3.8) is 0 Å². The number of rotatable bonds is 4. The zero-order chi connectivity index (χ0) is 9.68. The molecule has 0 saturated heterocycles. The molecular formula is C9H14N2O2. The van der Waals surface area contributed by atoms with E-state index in [0.717, 1.165) is 12.2 Å². The summed E-state index contributed by atoms with van der Waals surface area (Å²) in [6.07, 6.45) is 4.91. The Hall–Kier alpha value is -1.32. The number of ether oxygens (including phenoxy) is 1. The molecule has 0 aromatic carbocycles. The molecule has 4 nitrogen and oxygen atoms in total. The minimum atomic E-state index is -0.184. The number of carbonyl (C=O) groups excluding carboxylic acids is 1. The van der Waals surface area contributed by atoms with Gasteiger partial charge in [0.25, 0.3) is 0 Å². The molecule has 0 unspecified atom stereocenters. The van der Waals surface area contributed by atoms with E-state index in [4.69, 9.17) is 0 Å². The maximum absolute atomic E-state index is 10.9. The van der Waals surface area contributed by atoms with Crippen molar-refractivity contribution in [2.24, 2.45) is 0 Å². The van der Waals surface area contributed by atoms with Gasteiger partial charge in [-0.3, -0.25) is 4.79 Å².